The van der Waals surface area contributed by atoms with E-state index >= 15 is 0 Å². The molecule has 0 aromatic heterocycles. The second kappa shape index (κ2) is 4.94. The Morgan fingerprint density at radius 1 is 1.47 bits per heavy atom. The SMILES string of the molecule is NC(CNC(=O)CC1CCCO1)C1CC1. The maximum absolute atomic E-state index is 11.5. The van der Waals surface area contributed by atoms with Crippen LogP contribution >= 0.6 is 0 Å². The van der Waals surface area contributed by atoms with Gasteiger partial charge in [0.15, 0.2) is 0 Å². The smallest absolute Gasteiger partial charge is 0.222 e. The van der Waals surface area contributed by atoms with Crippen molar-refractivity contribution in [3.05, 3.63) is 0 Å². The Morgan fingerprint density at radius 2 is 2.27 bits per heavy atom. The highest BCUT2D eigenvalue weighted by Gasteiger charge is 2.28. The predicted octanol–water partition coefficient (Wildman–Crippen LogP) is 0.409. The predicted molar refractivity (Wildman–Crippen MR) is 57.3 cm³/mol. The van der Waals surface area contributed by atoms with Gasteiger partial charge in [0, 0.05) is 19.2 Å². The number of nitrogens with two attached hydrogens (primary N) is 1. The van der Waals surface area contributed by atoms with Crippen molar-refractivity contribution in [2.75, 3.05) is 13.2 Å². The molecule has 0 aromatic rings. The second-order valence-corrected chi connectivity index (χ2v) is 4.64. The molecule has 0 spiro atoms. The molecule has 4 nitrogen and oxygen atoms in total. The Balaban J connectivity index is 1.59. The Labute approximate surface area is 90.5 Å². The number of rotatable bonds is 5. The van der Waals surface area contributed by atoms with E-state index in [2.05, 4.69) is 5.32 Å². The van der Waals surface area contributed by atoms with E-state index in [1.54, 1.807) is 0 Å². The van der Waals surface area contributed by atoms with Crippen LogP contribution in [0.25, 0.3) is 0 Å². The van der Waals surface area contributed by atoms with Crippen molar-refractivity contribution in [1.82, 2.24) is 5.32 Å². The number of hydrogen-bond donors (Lipinski definition) is 2. The number of carbonyl (C=O) groups excluding carboxylic acids is 1. The summed E-state index contributed by atoms with van der Waals surface area (Å²) in [6, 6.07) is 0.151. The highest BCUT2D eigenvalue weighted by molar-refractivity contribution is 5.76. The number of nitrogens with one attached hydrogen (secondary N) is 1. The van der Waals surface area contributed by atoms with E-state index in [-0.39, 0.29) is 18.1 Å². The van der Waals surface area contributed by atoms with E-state index < -0.39 is 0 Å². The molecule has 2 atom stereocenters. The van der Waals surface area contributed by atoms with Crippen molar-refractivity contribution in [2.45, 2.75) is 44.2 Å². The topological polar surface area (TPSA) is 64.3 Å². The van der Waals surface area contributed by atoms with Crippen LogP contribution in [0.3, 0.4) is 0 Å². The summed E-state index contributed by atoms with van der Waals surface area (Å²) in [7, 11) is 0. The molecule has 2 rings (SSSR count). The monoisotopic (exact) mass is 212 g/mol. The van der Waals surface area contributed by atoms with Gasteiger partial charge in [0.1, 0.15) is 0 Å². The average molecular weight is 212 g/mol. The van der Waals surface area contributed by atoms with Crippen LogP contribution in [0.2, 0.25) is 0 Å². The molecule has 4 heteroatoms. The minimum absolute atomic E-state index is 0.0815. The molecule has 1 saturated carbocycles. The van der Waals surface area contributed by atoms with Gasteiger partial charge in [-0.25, -0.2) is 0 Å². The molecule has 0 bridgehead atoms. The Kier molecular flexibility index (Phi) is 3.59. The van der Waals surface area contributed by atoms with E-state index in [0.29, 0.717) is 18.9 Å². The number of carbonyl (C=O) groups is 1. The molecule has 1 amide bonds. The first-order valence-electron chi connectivity index (χ1n) is 5.89. The fourth-order valence-electron chi connectivity index (χ4n) is 2.01. The lowest BCUT2D eigenvalue weighted by Gasteiger charge is -2.13. The molecule has 1 heterocycles. The highest BCUT2D eigenvalue weighted by Crippen LogP contribution is 2.31. The Morgan fingerprint density at radius 3 is 2.87 bits per heavy atom. The third kappa shape index (κ3) is 3.47. The summed E-state index contributed by atoms with van der Waals surface area (Å²) in [4.78, 5) is 11.5. The lowest BCUT2D eigenvalue weighted by Crippen LogP contribution is -2.39. The summed E-state index contributed by atoms with van der Waals surface area (Å²) in [5.41, 5.74) is 5.89. The van der Waals surface area contributed by atoms with Crippen molar-refractivity contribution in [2.24, 2.45) is 11.7 Å². The molecular weight excluding hydrogens is 192 g/mol. The molecule has 15 heavy (non-hydrogen) atoms. The summed E-state index contributed by atoms with van der Waals surface area (Å²) in [5.74, 6) is 0.728. The number of ether oxygens (including phenoxy) is 1. The van der Waals surface area contributed by atoms with Gasteiger partial charge in [0.05, 0.1) is 12.5 Å². The van der Waals surface area contributed by atoms with Crippen LogP contribution in [0.15, 0.2) is 0 Å². The quantitative estimate of drug-likeness (QED) is 0.693. The zero-order chi connectivity index (χ0) is 10.7. The van der Waals surface area contributed by atoms with Crippen LogP contribution in [0.5, 0.6) is 0 Å². The molecule has 1 saturated heterocycles. The minimum atomic E-state index is 0.0815. The Bertz CT molecular complexity index is 223. The highest BCUT2D eigenvalue weighted by atomic mass is 16.5. The zero-order valence-corrected chi connectivity index (χ0v) is 9.08. The van der Waals surface area contributed by atoms with Gasteiger partial charge >= 0.3 is 0 Å². The van der Waals surface area contributed by atoms with Crippen LogP contribution in [0, 0.1) is 5.92 Å². The zero-order valence-electron chi connectivity index (χ0n) is 9.08. The molecule has 2 unspecified atom stereocenters. The van der Waals surface area contributed by atoms with E-state index in [9.17, 15) is 4.79 Å². The number of hydrogen-bond acceptors (Lipinski definition) is 3. The number of amides is 1. The molecule has 86 valence electrons. The van der Waals surface area contributed by atoms with E-state index in [1.165, 1.54) is 12.8 Å². The molecule has 0 aromatic carbocycles. The van der Waals surface area contributed by atoms with Gasteiger partial charge in [-0.2, -0.15) is 0 Å². The third-order valence-corrected chi connectivity index (χ3v) is 3.20. The molecule has 1 aliphatic heterocycles. The molecule has 2 fully saturated rings. The van der Waals surface area contributed by atoms with Gasteiger partial charge in [-0.3, -0.25) is 4.79 Å². The second-order valence-electron chi connectivity index (χ2n) is 4.64. The van der Waals surface area contributed by atoms with Crippen LogP contribution < -0.4 is 11.1 Å². The average Bonchev–Trinajstić information content (AvgIpc) is 2.95. The van der Waals surface area contributed by atoms with Crippen molar-refractivity contribution in [1.29, 1.82) is 0 Å². The van der Waals surface area contributed by atoms with Crippen molar-refractivity contribution >= 4 is 5.91 Å². The summed E-state index contributed by atoms with van der Waals surface area (Å²) in [6.07, 6.45) is 5.19. The summed E-state index contributed by atoms with van der Waals surface area (Å²) < 4.78 is 5.40. The first-order chi connectivity index (χ1) is 7.25. The van der Waals surface area contributed by atoms with Gasteiger partial charge in [0.25, 0.3) is 0 Å². The molecule has 1 aliphatic carbocycles. The molecular formula is C11H20N2O2. The minimum Gasteiger partial charge on any atom is -0.378 e. The van der Waals surface area contributed by atoms with Crippen molar-refractivity contribution < 1.29 is 9.53 Å². The molecule has 2 aliphatic rings. The van der Waals surface area contributed by atoms with Crippen LogP contribution in [-0.4, -0.2) is 31.2 Å². The van der Waals surface area contributed by atoms with Gasteiger partial charge in [0.2, 0.25) is 5.91 Å². The fraction of sp³-hybridized carbons (Fsp3) is 0.909. The van der Waals surface area contributed by atoms with E-state index in [4.69, 9.17) is 10.5 Å². The standard InChI is InChI=1S/C11H20N2O2/c12-10(8-3-4-8)7-13-11(14)6-9-2-1-5-15-9/h8-10H,1-7,12H2,(H,13,14). The van der Waals surface area contributed by atoms with E-state index in [1.807, 2.05) is 0 Å². The van der Waals surface area contributed by atoms with Gasteiger partial charge in [-0.15, -0.1) is 0 Å². The Hall–Kier alpha value is -0.610. The van der Waals surface area contributed by atoms with Crippen molar-refractivity contribution in [3.63, 3.8) is 0 Å². The lowest BCUT2D eigenvalue weighted by molar-refractivity contribution is -0.123. The van der Waals surface area contributed by atoms with Gasteiger partial charge < -0.3 is 15.8 Å². The maximum Gasteiger partial charge on any atom is 0.222 e. The lowest BCUT2D eigenvalue weighted by atomic mass is 10.1. The van der Waals surface area contributed by atoms with Crippen molar-refractivity contribution in [3.8, 4) is 0 Å². The van der Waals surface area contributed by atoms with E-state index in [0.717, 1.165) is 19.4 Å². The van der Waals surface area contributed by atoms with Gasteiger partial charge in [-0.1, -0.05) is 0 Å². The largest absolute Gasteiger partial charge is 0.378 e. The summed E-state index contributed by atoms with van der Waals surface area (Å²) in [6.45, 7) is 1.43. The molecule has 3 N–H and O–H groups in total. The summed E-state index contributed by atoms with van der Waals surface area (Å²) >= 11 is 0. The fourth-order valence-corrected chi connectivity index (χ4v) is 2.01. The first kappa shape index (κ1) is 10.9. The third-order valence-electron chi connectivity index (χ3n) is 3.20. The molecule has 0 radical (unpaired) electrons. The normalized spacial score (nSPS) is 27.7. The maximum atomic E-state index is 11.5. The summed E-state index contributed by atoms with van der Waals surface area (Å²) in [5, 5.41) is 2.89. The first-order valence-corrected chi connectivity index (χ1v) is 5.89. The van der Waals surface area contributed by atoms with Crippen LogP contribution in [-0.2, 0) is 9.53 Å². The van der Waals surface area contributed by atoms with Crippen LogP contribution in [0.4, 0.5) is 0 Å². The van der Waals surface area contributed by atoms with Gasteiger partial charge in [-0.05, 0) is 31.6 Å². The van der Waals surface area contributed by atoms with Crippen LogP contribution in [0.1, 0.15) is 32.1 Å².